The zero-order chi connectivity index (χ0) is 20.0. The molecule has 10 heteroatoms. The maximum absolute atomic E-state index is 12.8. The fraction of sp³-hybridized carbons (Fsp3) is 0.588. The molecule has 1 aliphatic heterocycles. The summed E-state index contributed by atoms with van der Waals surface area (Å²) in [5, 5.41) is 0. The van der Waals surface area contributed by atoms with Crippen molar-refractivity contribution in [2.75, 3.05) is 39.3 Å². The van der Waals surface area contributed by atoms with Gasteiger partial charge in [0.1, 0.15) is 12.1 Å². The van der Waals surface area contributed by atoms with Crippen molar-refractivity contribution in [3.63, 3.8) is 0 Å². The largest absolute Gasteiger partial charge is 0.465 e. The molecule has 1 aromatic rings. The predicted molar refractivity (Wildman–Crippen MR) is 90.0 cm³/mol. The average Bonchev–Trinajstić information content (AvgIpc) is 2.81. The molecule has 0 aliphatic carbocycles. The van der Waals surface area contributed by atoms with Gasteiger partial charge in [-0.25, -0.2) is 0 Å². The van der Waals surface area contributed by atoms with E-state index in [1.165, 1.54) is 11.1 Å². The van der Waals surface area contributed by atoms with Crippen LogP contribution >= 0.6 is 0 Å². The van der Waals surface area contributed by atoms with Gasteiger partial charge in [-0.1, -0.05) is 0 Å². The number of ether oxygens (including phenoxy) is 1. The van der Waals surface area contributed by atoms with E-state index in [4.69, 9.17) is 4.74 Å². The summed E-state index contributed by atoms with van der Waals surface area (Å²) in [7, 11) is 0. The molecular formula is C17H22F3N3O4. The number of hydrogen-bond acceptors (Lipinski definition) is 5. The van der Waals surface area contributed by atoms with Crippen LogP contribution in [0.2, 0.25) is 0 Å². The van der Waals surface area contributed by atoms with Crippen LogP contribution in [0.5, 0.6) is 0 Å². The number of alkyl halides is 3. The summed E-state index contributed by atoms with van der Waals surface area (Å²) in [5.74, 6) is -0.776. The highest BCUT2D eigenvalue weighted by atomic mass is 19.4. The summed E-state index contributed by atoms with van der Waals surface area (Å²) < 4.78 is 44.1. The van der Waals surface area contributed by atoms with E-state index in [1.807, 2.05) is 4.90 Å². The van der Waals surface area contributed by atoms with Crippen LogP contribution in [0.1, 0.15) is 18.9 Å². The summed E-state index contributed by atoms with van der Waals surface area (Å²) in [6.45, 7) is 3.47. The van der Waals surface area contributed by atoms with Crippen LogP contribution in [0.3, 0.4) is 0 Å². The van der Waals surface area contributed by atoms with Gasteiger partial charge in [0, 0.05) is 32.4 Å². The summed E-state index contributed by atoms with van der Waals surface area (Å²) >= 11 is 0. The van der Waals surface area contributed by atoms with Crippen molar-refractivity contribution in [3.05, 3.63) is 34.2 Å². The normalized spacial score (nSPS) is 16.1. The molecule has 27 heavy (non-hydrogen) atoms. The van der Waals surface area contributed by atoms with Gasteiger partial charge in [0.2, 0.25) is 5.91 Å². The average molecular weight is 389 g/mol. The molecule has 2 heterocycles. The van der Waals surface area contributed by atoms with Crippen molar-refractivity contribution >= 4 is 11.9 Å². The molecule has 0 bridgehead atoms. The number of halogens is 3. The summed E-state index contributed by atoms with van der Waals surface area (Å²) in [6, 6.07) is 1.80. The highest BCUT2D eigenvalue weighted by Gasteiger charge is 2.34. The lowest BCUT2D eigenvalue weighted by Crippen LogP contribution is -2.40. The number of esters is 1. The molecule has 7 nitrogen and oxygen atoms in total. The van der Waals surface area contributed by atoms with E-state index in [9.17, 15) is 27.6 Å². The molecule has 0 spiro atoms. The number of nitrogens with zero attached hydrogens (tertiary/aromatic N) is 3. The predicted octanol–water partition coefficient (Wildman–Crippen LogP) is 0.964. The van der Waals surface area contributed by atoms with E-state index in [2.05, 4.69) is 0 Å². The van der Waals surface area contributed by atoms with Gasteiger partial charge < -0.3 is 14.2 Å². The second-order valence-corrected chi connectivity index (χ2v) is 6.17. The van der Waals surface area contributed by atoms with Gasteiger partial charge in [-0.05, 0) is 25.5 Å². The number of aromatic nitrogens is 1. The Morgan fingerprint density at radius 1 is 1.15 bits per heavy atom. The van der Waals surface area contributed by atoms with Crippen molar-refractivity contribution < 1.29 is 27.5 Å². The monoisotopic (exact) mass is 389 g/mol. The third-order valence-electron chi connectivity index (χ3n) is 4.23. The van der Waals surface area contributed by atoms with Gasteiger partial charge >= 0.3 is 12.1 Å². The van der Waals surface area contributed by atoms with E-state index in [1.54, 1.807) is 6.92 Å². The standard InChI is InChI=1S/C17H22F3N3O4/c1-2-27-15(25)12-21-6-4-8-22(10-9-21)14(24)11-23-7-3-5-13(16(23)26)17(18,19)20/h3,5,7H,2,4,6,8-12H2,1H3. The fourth-order valence-corrected chi connectivity index (χ4v) is 2.89. The lowest BCUT2D eigenvalue weighted by Gasteiger charge is -2.22. The first kappa shape index (κ1) is 20.9. The number of rotatable bonds is 5. The Balaban J connectivity index is 1.99. The molecule has 0 aromatic carbocycles. The first-order valence-corrected chi connectivity index (χ1v) is 8.64. The summed E-state index contributed by atoms with van der Waals surface area (Å²) in [4.78, 5) is 39.3. The maximum Gasteiger partial charge on any atom is 0.421 e. The van der Waals surface area contributed by atoms with Gasteiger partial charge in [-0.3, -0.25) is 19.3 Å². The highest BCUT2D eigenvalue weighted by molar-refractivity contribution is 5.76. The van der Waals surface area contributed by atoms with Gasteiger partial charge in [-0.2, -0.15) is 13.2 Å². The van der Waals surface area contributed by atoms with Crippen LogP contribution < -0.4 is 5.56 Å². The van der Waals surface area contributed by atoms with Crippen LogP contribution in [-0.4, -0.2) is 65.6 Å². The van der Waals surface area contributed by atoms with Crippen molar-refractivity contribution in [2.24, 2.45) is 0 Å². The Bertz CT molecular complexity index is 733. The van der Waals surface area contributed by atoms with E-state index in [0.29, 0.717) is 45.3 Å². The number of pyridine rings is 1. The van der Waals surface area contributed by atoms with Crippen LogP contribution in [0, 0.1) is 0 Å². The second-order valence-electron chi connectivity index (χ2n) is 6.17. The van der Waals surface area contributed by atoms with Crippen LogP contribution in [0.25, 0.3) is 0 Å². The Kier molecular flexibility index (Phi) is 7.00. The van der Waals surface area contributed by atoms with Gasteiger partial charge in [0.05, 0.1) is 13.2 Å². The molecule has 0 unspecified atom stereocenters. The first-order valence-electron chi connectivity index (χ1n) is 8.64. The highest BCUT2D eigenvalue weighted by Crippen LogP contribution is 2.25. The second kappa shape index (κ2) is 9.03. The summed E-state index contributed by atoms with van der Waals surface area (Å²) in [5.41, 5.74) is -2.54. The SMILES string of the molecule is CCOC(=O)CN1CCCN(C(=O)Cn2cccc(C(F)(F)F)c2=O)CC1. The molecule has 150 valence electrons. The van der Waals surface area contributed by atoms with Crippen molar-refractivity contribution in [2.45, 2.75) is 26.1 Å². The van der Waals surface area contributed by atoms with Crippen molar-refractivity contribution in [1.29, 1.82) is 0 Å². The quantitative estimate of drug-likeness (QED) is 0.702. The van der Waals surface area contributed by atoms with E-state index in [-0.39, 0.29) is 12.5 Å². The van der Waals surface area contributed by atoms with Gasteiger partial charge in [0.25, 0.3) is 5.56 Å². The Hall–Kier alpha value is -2.36. The van der Waals surface area contributed by atoms with Crippen LogP contribution in [-0.2, 0) is 27.0 Å². The molecule has 1 amide bonds. The Morgan fingerprint density at radius 2 is 1.89 bits per heavy atom. The fourth-order valence-electron chi connectivity index (χ4n) is 2.89. The molecule has 0 radical (unpaired) electrons. The molecular weight excluding hydrogens is 367 g/mol. The molecule has 0 N–H and O–H groups in total. The van der Waals surface area contributed by atoms with Gasteiger partial charge in [-0.15, -0.1) is 0 Å². The molecule has 1 aromatic heterocycles. The zero-order valence-corrected chi connectivity index (χ0v) is 15.0. The Morgan fingerprint density at radius 3 is 2.56 bits per heavy atom. The third kappa shape index (κ3) is 5.81. The Labute approximate surface area is 154 Å². The van der Waals surface area contributed by atoms with E-state index < -0.39 is 29.8 Å². The first-order chi connectivity index (χ1) is 12.7. The minimum atomic E-state index is -4.76. The van der Waals surface area contributed by atoms with Crippen LogP contribution in [0.4, 0.5) is 13.2 Å². The minimum absolute atomic E-state index is 0.128. The topological polar surface area (TPSA) is 71.8 Å². The van der Waals surface area contributed by atoms with Crippen LogP contribution in [0.15, 0.2) is 23.1 Å². The number of carbonyl (C=O) groups excluding carboxylic acids is 2. The number of hydrogen-bond donors (Lipinski definition) is 0. The van der Waals surface area contributed by atoms with E-state index in [0.717, 1.165) is 10.6 Å². The molecule has 2 rings (SSSR count). The van der Waals surface area contributed by atoms with E-state index >= 15 is 0 Å². The molecule has 0 saturated carbocycles. The lowest BCUT2D eigenvalue weighted by molar-refractivity contribution is -0.144. The minimum Gasteiger partial charge on any atom is -0.465 e. The molecule has 1 saturated heterocycles. The zero-order valence-electron chi connectivity index (χ0n) is 15.0. The summed E-state index contributed by atoms with van der Waals surface area (Å²) in [6.07, 6.45) is -2.98. The van der Waals surface area contributed by atoms with Gasteiger partial charge in [0.15, 0.2) is 0 Å². The third-order valence-corrected chi connectivity index (χ3v) is 4.23. The molecule has 1 aliphatic rings. The van der Waals surface area contributed by atoms with Crippen molar-refractivity contribution in [1.82, 2.24) is 14.4 Å². The maximum atomic E-state index is 12.8. The van der Waals surface area contributed by atoms with Crippen molar-refractivity contribution in [3.8, 4) is 0 Å². The smallest absolute Gasteiger partial charge is 0.421 e. The number of carbonyl (C=O) groups is 2. The lowest BCUT2D eigenvalue weighted by atomic mass is 10.2. The molecule has 0 atom stereocenters. The number of amides is 1. The molecule has 1 fully saturated rings.